The zero-order valence-electron chi connectivity index (χ0n) is 22.0. The van der Waals surface area contributed by atoms with Crippen molar-refractivity contribution in [3.8, 4) is 5.75 Å². The monoisotopic (exact) mass is 585 g/mol. The third-order valence-corrected chi connectivity index (χ3v) is 8.45. The summed E-state index contributed by atoms with van der Waals surface area (Å²) in [5.41, 5.74) is 3.12. The van der Waals surface area contributed by atoms with Crippen LogP contribution in [0.5, 0.6) is 5.75 Å². The Kier molecular flexibility index (Phi) is 10.4. The normalized spacial score (nSPS) is 11.3. The highest BCUT2D eigenvalue weighted by molar-refractivity contribution is 8.12. The minimum atomic E-state index is -0.212. The van der Waals surface area contributed by atoms with Crippen molar-refractivity contribution in [2.45, 2.75) is 35.0 Å². The molecule has 0 aromatic heterocycles. The summed E-state index contributed by atoms with van der Waals surface area (Å²) in [6.45, 7) is 3.35. The maximum Gasteiger partial charge on any atom is 0.207 e. The van der Waals surface area contributed by atoms with Crippen LogP contribution >= 0.6 is 35.5 Å². The Morgan fingerprint density at radius 2 is 1.32 bits per heavy atom. The number of Topliss-reactive ketones (excluding diaryl/α,β-unsaturated/α-hetero) is 1. The molecule has 0 saturated carbocycles. The Morgan fingerprint density at radius 3 is 1.93 bits per heavy atom. The van der Waals surface area contributed by atoms with Gasteiger partial charge in [0.2, 0.25) is 10.9 Å². The van der Waals surface area contributed by atoms with Crippen molar-refractivity contribution < 1.29 is 19.5 Å². The van der Waals surface area contributed by atoms with Crippen molar-refractivity contribution in [2.75, 3.05) is 5.75 Å². The van der Waals surface area contributed by atoms with Crippen LogP contribution in [0, 0.1) is 6.92 Å². The number of phenolic OH excluding ortho intramolecular Hbond substituents is 1. The second-order valence-corrected chi connectivity index (χ2v) is 12.1. The highest BCUT2D eigenvalue weighted by Gasteiger charge is 2.16. The van der Waals surface area contributed by atoms with Gasteiger partial charge in [0.15, 0.2) is 5.78 Å². The molecule has 0 fully saturated rings. The molecule has 40 heavy (non-hydrogen) atoms. The second kappa shape index (κ2) is 14.2. The van der Waals surface area contributed by atoms with Gasteiger partial charge in [0.05, 0.1) is 5.71 Å². The Balaban J connectivity index is 1.39. The van der Waals surface area contributed by atoms with Gasteiger partial charge in [0.1, 0.15) is 5.75 Å². The Bertz CT molecular complexity index is 1530. The van der Waals surface area contributed by atoms with E-state index in [1.54, 1.807) is 36.0 Å². The minimum Gasteiger partial charge on any atom is -0.508 e. The number of aryl methyl sites for hydroxylation is 1. The van der Waals surface area contributed by atoms with E-state index in [1.807, 2.05) is 79.7 Å². The Hall–Kier alpha value is -3.59. The van der Waals surface area contributed by atoms with Crippen LogP contribution in [0.2, 0.25) is 0 Å². The molecule has 202 valence electrons. The van der Waals surface area contributed by atoms with Gasteiger partial charge >= 0.3 is 0 Å². The van der Waals surface area contributed by atoms with Gasteiger partial charge in [-0.25, -0.2) is 4.40 Å². The number of nitrogens with zero attached hydrogens (tertiary/aromatic N) is 1. The summed E-state index contributed by atoms with van der Waals surface area (Å²) in [5.74, 6) is 0.589. The third-order valence-electron chi connectivity index (χ3n) is 5.85. The van der Waals surface area contributed by atoms with E-state index in [0.717, 1.165) is 32.2 Å². The van der Waals surface area contributed by atoms with Gasteiger partial charge in [-0.3, -0.25) is 14.4 Å². The Morgan fingerprint density at radius 1 is 0.750 bits per heavy atom. The first-order valence-corrected chi connectivity index (χ1v) is 15.1. The van der Waals surface area contributed by atoms with Gasteiger partial charge in [0, 0.05) is 62.4 Å². The van der Waals surface area contributed by atoms with Crippen LogP contribution in [0.4, 0.5) is 0 Å². The molecule has 0 aliphatic rings. The van der Waals surface area contributed by atoms with Crippen LogP contribution < -0.4 is 0 Å². The van der Waals surface area contributed by atoms with Gasteiger partial charge in [-0.05, 0) is 85.3 Å². The molecule has 1 N–H and O–H groups in total. The van der Waals surface area contributed by atoms with E-state index in [4.69, 9.17) is 0 Å². The van der Waals surface area contributed by atoms with Crippen LogP contribution in [-0.2, 0) is 4.79 Å². The van der Waals surface area contributed by atoms with E-state index in [-0.39, 0.29) is 22.4 Å². The molecule has 0 unspecified atom stereocenters. The van der Waals surface area contributed by atoms with E-state index in [9.17, 15) is 19.5 Å². The van der Waals surface area contributed by atoms with Crippen molar-refractivity contribution in [1.29, 1.82) is 0 Å². The van der Waals surface area contributed by atoms with Gasteiger partial charge < -0.3 is 5.11 Å². The smallest absolute Gasteiger partial charge is 0.207 e. The highest BCUT2D eigenvalue weighted by Crippen LogP contribution is 2.29. The molecule has 0 spiro atoms. The van der Waals surface area contributed by atoms with Gasteiger partial charge in [-0.2, -0.15) is 0 Å². The van der Waals surface area contributed by atoms with Crippen molar-refractivity contribution >= 4 is 57.9 Å². The van der Waals surface area contributed by atoms with Crippen molar-refractivity contribution in [3.05, 3.63) is 119 Å². The number of hydrogen-bond acceptors (Lipinski definition) is 8. The molecule has 0 aliphatic carbocycles. The summed E-state index contributed by atoms with van der Waals surface area (Å²) in [7, 11) is 0. The number of ketones is 2. The molecular weight excluding hydrogens is 559 g/mol. The van der Waals surface area contributed by atoms with Crippen LogP contribution in [0.3, 0.4) is 0 Å². The maximum atomic E-state index is 13.2. The lowest BCUT2D eigenvalue weighted by Crippen LogP contribution is -2.15. The van der Waals surface area contributed by atoms with Crippen LogP contribution in [0.25, 0.3) is 0 Å². The SMILES string of the molecule is CC(=O)SN=C(CCSc1ccc(O)cc1)C(=O)c1ccc(Sc2ccc(C(=O)c3ccccc3C)cc2)cc1. The van der Waals surface area contributed by atoms with Crippen molar-refractivity contribution in [1.82, 2.24) is 0 Å². The van der Waals surface area contributed by atoms with E-state index in [0.29, 0.717) is 34.6 Å². The molecule has 0 bridgehead atoms. The lowest BCUT2D eigenvalue weighted by atomic mass is 9.99. The number of carbonyl (C=O) groups is 3. The van der Waals surface area contributed by atoms with E-state index >= 15 is 0 Å². The lowest BCUT2D eigenvalue weighted by molar-refractivity contribution is -0.109. The summed E-state index contributed by atoms with van der Waals surface area (Å²) in [6, 6.07) is 29.2. The van der Waals surface area contributed by atoms with Gasteiger partial charge in [0.25, 0.3) is 0 Å². The van der Waals surface area contributed by atoms with Gasteiger partial charge in [-0.15, -0.1) is 11.8 Å². The molecule has 0 amide bonds. The fourth-order valence-electron chi connectivity index (χ4n) is 3.76. The van der Waals surface area contributed by atoms with Crippen molar-refractivity contribution in [3.63, 3.8) is 0 Å². The van der Waals surface area contributed by atoms with E-state index in [1.165, 1.54) is 18.7 Å². The first-order valence-electron chi connectivity index (χ1n) is 12.5. The number of benzene rings is 4. The average molecular weight is 586 g/mol. The molecule has 0 aliphatic heterocycles. The van der Waals surface area contributed by atoms with Crippen LogP contribution in [0.15, 0.2) is 116 Å². The summed E-state index contributed by atoms with van der Waals surface area (Å²) >= 11 is 3.86. The van der Waals surface area contributed by atoms with Crippen molar-refractivity contribution in [2.24, 2.45) is 4.40 Å². The number of thioether (sulfide) groups is 1. The number of aromatic hydroxyl groups is 1. The molecule has 4 aromatic rings. The number of phenols is 1. The summed E-state index contributed by atoms with van der Waals surface area (Å²) < 4.78 is 4.23. The third kappa shape index (κ3) is 8.21. The fourth-order valence-corrected chi connectivity index (χ4v) is 5.85. The largest absolute Gasteiger partial charge is 0.508 e. The zero-order chi connectivity index (χ0) is 28.5. The highest BCUT2D eigenvalue weighted by atomic mass is 32.2. The molecule has 5 nitrogen and oxygen atoms in total. The lowest BCUT2D eigenvalue weighted by Gasteiger charge is -2.08. The molecule has 4 rings (SSSR count). The molecule has 0 atom stereocenters. The molecule has 4 aromatic carbocycles. The second-order valence-electron chi connectivity index (χ2n) is 8.84. The molecule has 8 heteroatoms. The first-order chi connectivity index (χ1) is 19.3. The minimum absolute atomic E-state index is 0.000569. The standard InChI is InChI=1S/C32H27NO4S3/c1-21-5-3-4-6-29(21)31(36)23-7-13-27(14-8-23)39-28-15-9-24(10-16-28)32(37)30(33-40-22(2)34)19-20-38-26-17-11-25(35)12-18-26/h3-18,35H,19-20H2,1-2H3. The quantitative estimate of drug-likeness (QED) is 0.0824. The number of carbonyl (C=O) groups excluding carboxylic acids is 3. The predicted octanol–water partition coefficient (Wildman–Crippen LogP) is 8.08. The van der Waals surface area contributed by atoms with Crippen LogP contribution in [0.1, 0.15) is 45.2 Å². The summed E-state index contributed by atoms with van der Waals surface area (Å²) in [4.78, 5) is 40.5. The van der Waals surface area contributed by atoms with Crippen LogP contribution in [-0.4, -0.2) is 33.3 Å². The fraction of sp³-hybridized carbons (Fsp3) is 0.125. The predicted molar refractivity (Wildman–Crippen MR) is 165 cm³/mol. The van der Waals surface area contributed by atoms with E-state index in [2.05, 4.69) is 4.40 Å². The molecular formula is C32H27NO4S3. The number of hydrogen-bond donors (Lipinski definition) is 1. The van der Waals surface area contributed by atoms with E-state index < -0.39 is 0 Å². The Labute approximate surface area is 246 Å². The zero-order valence-corrected chi connectivity index (χ0v) is 24.4. The molecule has 0 saturated heterocycles. The average Bonchev–Trinajstić information content (AvgIpc) is 2.96. The summed E-state index contributed by atoms with van der Waals surface area (Å²) in [5, 5.41) is 9.26. The molecule has 0 radical (unpaired) electrons. The molecule has 0 heterocycles. The maximum absolute atomic E-state index is 13.2. The first kappa shape index (κ1) is 29.4. The van der Waals surface area contributed by atoms with Gasteiger partial charge in [-0.1, -0.05) is 36.0 Å². The topological polar surface area (TPSA) is 83.8 Å². The summed E-state index contributed by atoms with van der Waals surface area (Å²) in [6.07, 6.45) is 0.398. The number of rotatable bonds is 11.